The fourth-order valence-corrected chi connectivity index (χ4v) is 5.93. The van der Waals surface area contributed by atoms with Crippen molar-refractivity contribution in [3.05, 3.63) is 83.9 Å². The van der Waals surface area contributed by atoms with Crippen LogP contribution in [0.15, 0.2) is 72.8 Å². The third-order valence-corrected chi connectivity index (χ3v) is 7.45. The predicted octanol–water partition coefficient (Wildman–Crippen LogP) is 5.50. The first-order valence-electron chi connectivity index (χ1n) is 9.76. The van der Waals surface area contributed by atoms with Crippen LogP contribution in [0.3, 0.4) is 0 Å². The smallest absolute Gasteiger partial charge is 0.126 e. The molecule has 3 aromatic rings. The van der Waals surface area contributed by atoms with Crippen LogP contribution in [-0.2, 0) is 6.42 Å². The van der Waals surface area contributed by atoms with E-state index in [-0.39, 0.29) is 0 Å². The number of hydrogen-bond acceptors (Lipinski definition) is 2. The van der Waals surface area contributed by atoms with Crippen LogP contribution in [0.25, 0.3) is 0 Å². The van der Waals surface area contributed by atoms with Crippen LogP contribution in [0.4, 0.5) is 0 Å². The van der Waals surface area contributed by atoms with Crippen molar-refractivity contribution >= 4 is 18.5 Å². The van der Waals surface area contributed by atoms with E-state index < -0.39 is 7.92 Å². The molecule has 0 N–H and O–H groups in total. The first-order valence-corrected chi connectivity index (χ1v) is 11.3. The number of aryl methyl sites for hydroxylation is 1. The number of hydrogen-bond donors (Lipinski definition) is 0. The van der Waals surface area contributed by atoms with Gasteiger partial charge in [0.15, 0.2) is 0 Å². The Hall–Kier alpha value is -2.31. The molecule has 0 fully saturated rings. The van der Waals surface area contributed by atoms with Crippen LogP contribution in [-0.4, -0.2) is 20.4 Å². The molecule has 146 valence electrons. The maximum absolute atomic E-state index is 5.69. The van der Waals surface area contributed by atoms with Gasteiger partial charge >= 0.3 is 0 Å². The molecule has 0 radical (unpaired) electrons. The van der Waals surface area contributed by atoms with Gasteiger partial charge in [0.1, 0.15) is 11.5 Å². The second-order valence-electron chi connectivity index (χ2n) is 7.14. The van der Waals surface area contributed by atoms with E-state index in [1.807, 2.05) is 0 Å². The zero-order valence-electron chi connectivity index (χ0n) is 17.2. The Bertz CT molecular complexity index is 811. The molecule has 0 saturated carbocycles. The Morgan fingerprint density at radius 2 is 1.21 bits per heavy atom. The molecule has 0 atom stereocenters. The summed E-state index contributed by atoms with van der Waals surface area (Å²) in [5.41, 5.74) is 2.40. The van der Waals surface area contributed by atoms with Gasteiger partial charge in [0, 0.05) is 5.56 Å². The van der Waals surface area contributed by atoms with Gasteiger partial charge in [-0.2, -0.15) is 0 Å². The molecule has 0 aromatic heterocycles. The Balaban J connectivity index is 1.90. The third-order valence-electron chi connectivity index (χ3n) is 4.94. The largest absolute Gasteiger partial charge is 0.496 e. The van der Waals surface area contributed by atoms with Crippen LogP contribution in [0.2, 0.25) is 0 Å². The van der Waals surface area contributed by atoms with Crippen molar-refractivity contribution in [2.24, 2.45) is 0 Å². The lowest BCUT2D eigenvalue weighted by molar-refractivity contribution is 0.381. The first-order chi connectivity index (χ1) is 13.6. The Kier molecular flexibility index (Phi) is 7.12. The molecule has 0 heterocycles. The zero-order valence-corrected chi connectivity index (χ0v) is 18.1. The van der Waals surface area contributed by atoms with Gasteiger partial charge in [-0.25, -0.2) is 0 Å². The summed E-state index contributed by atoms with van der Waals surface area (Å²) < 4.78 is 11.4. The summed E-state index contributed by atoms with van der Waals surface area (Å²) in [6.07, 6.45) is 2.08. The normalized spacial score (nSPS) is 11.1. The predicted molar refractivity (Wildman–Crippen MR) is 121 cm³/mol. The second kappa shape index (κ2) is 9.75. The lowest BCUT2D eigenvalue weighted by atomic mass is 9.98. The molecule has 0 unspecified atom stereocenters. The Morgan fingerprint density at radius 3 is 1.61 bits per heavy atom. The number of benzene rings is 3. The molecule has 0 amide bonds. The van der Waals surface area contributed by atoms with Crippen LogP contribution in [0.5, 0.6) is 11.5 Å². The van der Waals surface area contributed by atoms with Crippen molar-refractivity contribution in [2.75, 3.05) is 20.4 Å². The van der Waals surface area contributed by atoms with Gasteiger partial charge in [-0.05, 0) is 54.7 Å². The van der Waals surface area contributed by atoms with Gasteiger partial charge in [0.05, 0.1) is 14.2 Å². The zero-order chi connectivity index (χ0) is 19.9. The standard InChI is InChI=1S/C25H29O2P/c1-19(2)25-23(26-3)17-20(18-24(25)27-4)15-16-28(21-11-7-5-8-12-21)22-13-9-6-10-14-22/h5-14,17-19H,15-16H2,1-4H3. The molecular formula is C25H29O2P. The van der Waals surface area contributed by atoms with Gasteiger partial charge in [0.25, 0.3) is 0 Å². The Labute approximate surface area is 170 Å². The first kappa shape index (κ1) is 20.4. The molecule has 0 bridgehead atoms. The van der Waals surface area contributed by atoms with E-state index in [1.54, 1.807) is 14.2 Å². The third kappa shape index (κ3) is 4.75. The fraction of sp³-hybridized carbons (Fsp3) is 0.280. The molecule has 0 spiro atoms. The molecule has 3 rings (SSSR count). The second-order valence-corrected chi connectivity index (χ2v) is 9.48. The minimum atomic E-state index is -0.404. The van der Waals surface area contributed by atoms with Crippen LogP contribution in [0, 0.1) is 0 Å². The van der Waals surface area contributed by atoms with E-state index in [0.717, 1.165) is 29.6 Å². The molecule has 0 saturated heterocycles. The summed E-state index contributed by atoms with van der Waals surface area (Å²) in [5.74, 6) is 2.20. The average Bonchev–Trinajstić information content (AvgIpc) is 2.74. The highest BCUT2D eigenvalue weighted by Crippen LogP contribution is 2.39. The number of methoxy groups -OCH3 is 2. The molecule has 3 aromatic carbocycles. The van der Waals surface area contributed by atoms with Crippen molar-refractivity contribution in [2.45, 2.75) is 26.2 Å². The molecular weight excluding hydrogens is 363 g/mol. The SMILES string of the molecule is COc1cc(CCP(c2ccccc2)c2ccccc2)cc(OC)c1C(C)C. The highest BCUT2D eigenvalue weighted by molar-refractivity contribution is 7.73. The highest BCUT2D eigenvalue weighted by atomic mass is 31.1. The monoisotopic (exact) mass is 392 g/mol. The van der Waals surface area contributed by atoms with Gasteiger partial charge in [-0.1, -0.05) is 74.5 Å². The molecule has 28 heavy (non-hydrogen) atoms. The van der Waals surface area contributed by atoms with Crippen molar-refractivity contribution in [3.63, 3.8) is 0 Å². The minimum absolute atomic E-state index is 0.352. The lowest BCUT2D eigenvalue weighted by Gasteiger charge is -2.21. The van der Waals surface area contributed by atoms with Gasteiger partial charge in [-0.15, -0.1) is 0 Å². The number of rotatable bonds is 8. The van der Waals surface area contributed by atoms with Crippen molar-refractivity contribution in [1.29, 1.82) is 0 Å². The maximum atomic E-state index is 5.69. The van der Waals surface area contributed by atoms with E-state index in [1.165, 1.54) is 16.2 Å². The minimum Gasteiger partial charge on any atom is -0.496 e. The van der Waals surface area contributed by atoms with Gasteiger partial charge in [-0.3, -0.25) is 0 Å². The fourth-order valence-electron chi connectivity index (χ4n) is 3.57. The van der Waals surface area contributed by atoms with Crippen LogP contribution < -0.4 is 20.1 Å². The lowest BCUT2D eigenvalue weighted by Crippen LogP contribution is -2.15. The maximum Gasteiger partial charge on any atom is 0.126 e. The van der Waals surface area contributed by atoms with E-state index in [0.29, 0.717) is 5.92 Å². The highest BCUT2D eigenvalue weighted by Gasteiger charge is 2.18. The average molecular weight is 392 g/mol. The summed E-state index contributed by atoms with van der Waals surface area (Å²) >= 11 is 0. The van der Waals surface area contributed by atoms with Crippen molar-refractivity contribution < 1.29 is 9.47 Å². The molecule has 2 nitrogen and oxygen atoms in total. The topological polar surface area (TPSA) is 18.5 Å². The molecule has 0 aliphatic carbocycles. The van der Waals surface area contributed by atoms with Crippen LogP contribution >= 0.6 is 7.92 Å². The van der Waals surface area contributed by atoms with E-state index in [9.17, 15) is 0 Å². The molecule has 3 heteroatoms. The van der Waals surface area contributed by atoms with Gasteiger partial charge in [0.2, 0.25) is 0 Å². The van der Waals surface area contributed by atoms with Gasteiger partial charge < -0.3 is 9.47 Å². The van der Waals surface area contributed by atoms with Crippen molar-refractivity contribution in [1.82, 2.24) is 0 Å². The summed E-state index contributed by atoms with van der Waals surface area (Å²) in [6.45, 7) is 4.34. The Morgan fingerprint density at radius 1 is 0.750 bits per heavy atom. The summed E-state index contributed by atoms with van der Waals surface area (Å²) in [5, 5.41) is 2.84. The van der Waals surface area contributed by atoms with Crippen molar-refractivity contribution in [3.8, 4) is 11.5 Å². The van der Waals surface area contributed by atoms with E-state index >= 15 is 0 Å². The van der Waals surface area contributed by atoms with Crippen LogP contribution in [0.1, 0.15) is 30.9 Å². The summed E-state index contributed by atoms with van der Waals surface area (Å²) in [4.78, 5) is 0. The summed E-state index contributed by atoms with van der Waals surface area (Å²) in [7, 11) is 3.08. The summed E-state index contributed by atoms with van der Waals surface area (Å²) in [6, 6.07) is 26.1. The van der Waals surface area contributed by atoms with E-state index in [2.05, 4.69) is 86.6 Å². The quantitative estimate of drug-likeness (QED) is 0.471. The number of ether oxygens (including phenoxy) is 2. The molecule has 0 aliphatic heterocycles. The molecule has 0 aliphatic rings. The van der Waals surface area contributed by atoms with E-state index in [4.69, 9.17) is 9.47 Å².